The molecule has 1 N–H and O–H groups in total. The Morgan fingerprint density at radius 1 is 1.20 bits per heavy atom. The van der Waals surface area contributed by atoms with Gasteiger partial charge in [0.05, 0.1) is 18.8 Å². The zero-order chi connectivity index (χ0) is 25.2. The van der Waals surface area contributed by atoms with E-state index in [1.807, 2.05) is 0 Å². The van der Waals surface area contributed by atoms with Crippen molar-refractivity contribution in [2.24, 2.45) is 0 Å². The monoisotopic (exact) mass is 554 g/mol. The first-order valence-electron chi connectivity index (χ1n) is 9.90. The smallest absolute Gasteiger partial charge is 0.413 e. The van der Waals surface area contributed by atoms with E-state index in [4.69, 9.17) is 4.52 Å². The fourth-order valence-electron chi connectivity index (χ4n) is 3.14. The largest absolute Gasteiger partial charge is 0.465 e. The Labute approximate surface area is 203 Å². The highest BCUT2D eigenvalue weighted by molar-refractivity contribution is 9.09. The number of halogens is 5. The Bertz CT molecular complexity index is 1330. The molecule has 9 nitrogen and oxygen atoms in total. The fraction of sp³-hybridized carbons (Fsp3) is 0.190. The molecule has 1 unspecified atom stereocenters. The lowest BCUT2D eigenvalue weighted by molar-refractivity contribution is -0.125. The summed E-state index contributed by atoms with van der Waals surface area (Å²) >= 11 is 2.46. The Kier molecular flexibility index (Phi) is 6.82. The van der Waals surface area contributed by atoms with Gasteiger partial charge in [-0.2, -0.15) is 18.3 Å². The molecule has 1 atom stereocenters. The molecular formula is C21H15BrF4N6O3. The topological polar surface area (TPSA) is 110 Å². The van der Waals surface area contributed by atoms with Gasteiger partial charge < -0.3 is 9.63 Å². The zero-order valence-corrected chi connectivity index (χ0v) is 19.1. The van der Waals surface area contributed by atoms with Crippen LogP contribution in [0.25, 0.3) is 22.9 Å². The van der Waals surface area contributed by atoms with Gasteiger partial charge in [0.1, 0.15) is 34.1 Å². The molecule has 0 bridgehead atoms. The average Bonchev–Trinajstić information content (AvgIpc) is 3.48. The first-order chi connectivity index (χ1) is 16.6. The van der Waals surface area contributed by atoms with E-state index in [9.17, 15) is 27.5 Å². The molecule has 4 aromatic rings. The maximum atomic E-state index is 14.2. The summed E-state index contributed by atoms with van der Waals surface area (Å²) in [6, 6.07) is 10.4. The van der Waals surface area contributed by atoms with Crippen LogP contribution in [0.15, 0.2) is 59.4 Å². The van der Waals surface area contributed by atoms with Crippen LogP contribution in [0.1, 0.15) is 5.56 Å². The zero-order valence-electron chi connectivity index (χ0n) is 17.5. The van der Waals surface area contributed by atoms with E-state index in [1.165, 1.54) is 35.3 Å². The number of anilines is 1. The summed E-state index contributed by atoms with van der Waals surface area (Å²) in [6.45, 7) is -0.909. The maximum Gasteiger partial charge on any atom is 0.413 e. The van der Waals surface area contributed by atoms with Crippen molar-refractivity contribution in [3.8, 4) is 22.9 Å². The predicted molar refractivity (Wildman–Crippen MR) is 118 cm³/mol. The molecule has 0 fully saturated rings. The maximum absolute atomic E-state index is 14.2. The normalized spacial score (nSPS) is 12.5. The Morgan fingerprint density at radius 3 is 2.63 bits per heavy atom. The molecule has 0 aliphatic heterocycles. The highest BCUT2D eigenvalue weighted by Crippen LogP contribution is 2.29. The molecule has 1 aromatic carbocycles. The fourth-order valence-corrected chi connectivity index (χ4v) is 3.43. The van der Waals surface area contributed by atoms with Gasteiger partial charge in [0, 0.05) is 17.8 Å². The van der Waals surface area contributed by atoms with Gasteiger partial charge in [0.25, 0.3) is 0 Å². The van der Waals surface area contributed by atoms with Crippen molar-refractivity contribution in [2.45, 2.75) is 17.5 Å². The van der Waals surface area contributed by atoms with Crippen LogP contribution in [0.2, 0.25) is 0 Å². The summed E-state index contributed by atoms with van der Waals surface area (Å²) in [7, 11) is 0. The quantitative estimate of drug-likeness (QED) is 0.253. The third kappa shape index (κ3) is 5.48. The van der Waals surface area contributed by atoms with Crippen LogP contribution in [0.5, 0.6) is 0 Å². The molecule has 0 spiro atoms. The number of hydrogen-bond donors (Lipinski definition) is 1. The number of hydrogen-bond acceptors (Lipinski definition) is 6. The predicted octanol–water partition coefficient (Wildman–Crippen LogP) is 4.99. The van der Waals surface area contributed by atoms with Crippen LogP contribution in [0.4, 0.5) is 28.2 Å². The van der Waals surface area contributed by atoms with Gasteiger partial charge in [-0.15, -0.1) is 0 Å². The third-order valence-electron chi connectivity index (χ3n) is 4.83. The Morgan fingerprint density at radius 2 is 1.97 bits per heavy atom. The van der Waals surface area contributed by atoms with Gasteiger partial charge in [-0.1, -0.05) is 39.3 Å². The average molecular weight is 555 g/mol. The van der Waals surface area contributed by atoms with Gasteiger partial charge >= 0.3 is 12.3 Å². The second-order valence-corrected chi connectivity index (χ2v) is 8.29. The van der Waals surface area contributed by atoms with Crippen molar-refractivity contribution < 1.29 is 32.0 Å². The standard InChI is InChI=1S/C21H15BrF4N6O3/c22-17(21(24,25)26)11-31(20(33)34)18-5-7-27-19(28-18)15-9-16(14-6-8-35-30-14)32(29-15)10-12-3-1-2-4-13(12)23/h1-9,17H,10-11H2,(H,33,34). The molecule has 3 aromatic heterocycles. The number of benzene rings is 1. The molecule has 0 aliphatic rings. The highest BCUT2D eigenvalue weighted by Gasteiger charge is 2.40. The molecule has 4 rings (SSSR count). The molecule has 0 aliphatic carbocycles. The molecular weight excluding hydrogens is 540 g/mol. The van der Waals surface area contributed by atoms with Gasteiger partial charge in [-0.3, -0.25) is 9.58 Å². The lowest BCUT2D eigenvalue weighted by Gasteiger charge is -2.22. The SMILES string of the molecule is O=C(O)N(CC(Br)C(F)(F)F)c1ccnc(-c2cc(-c3ccon3)n(Cc3ccccc3F)n2)n1. The molecule has 0 radical (unpaired) electrons. The van der Waals surface area contributed by atoms with Gasteiger partial charge in [-0.05, 0) is 18.2 Å². The van der Waals surface area contributed by atoms with Crippen molar-refractivity contribution in [3.63, 3.8) is 0 Å². The summed E-state index contributed by atoms with van der Waals surface area (Å²) in [5.41, 5.74) is 1.32. The summed E-state index contributed by atoms with van der Waals surface area (Å²) in [5, 5.41) is 17.8. The molecule has 1 amide bonds. The van der Waals surface area contributed by atoms with E-state index in [-0.39, 0.29) is 23.9 Å². The minimum absolute atomic E-state index is 0.0205. The van der Waals surface area contributed by atoms with E-state index in [2.05, 4.69) is 36.2 Å². The molecule has 182 valence electrons. The molecule has 0 saturated heterocycles. The van der Waals surface area contributed by atoms with Gasteiger partial charge in [-0.25, -0.2) is 19.2 Å². The van der Waals surface area contributed by atoms with Crippen LogP contribution in [-0.2, 0) is 6.54 Å². The van der Waals surface area contributed by atoms with Crippen LogP contribution in [0.3, 0.4) is 0 Å². The summed E-state index contributed by atoms with van der Waals surface area (Å²) in [5.74, 6) is -0.772. The van der Waals surface area contributed by atoms with Crippen molar-refractivity contribution in [3.05, 3.63) is 66.3 Å². The lowest BCUT2D eigenvalue weighted by Crippen LogP contribution is -2.40. The van der Waals surface area contributed by atoms with E-state index in [0.717, 1.165) is 0 Å². The lowest BCUT2D eigenvalue weighted by atomic mass is 10.2. The number of aromatic nitrogens is 5. The van der Waals surface area contributed by atoms with Crippen molar-refractivity contribution in [1.82, 2.24) is 24.9 Å². The summed E-state index contributed by atoms with van der Waals surface area (Å²) in [4.78, 5) is 18.2. The van der Waals surface area contributed by atoms with Crippen molar-refractivity contribution in [1.29, 1.82) is 0 Å². The molecule has 0 saturated carbocycles. The van der Waals surface area contributed by atoms with Gasteiger partial charge in [0.15, 0.2) is 5.82 Å². The number of alkyl halides is 4. The highest BCUT2D eigenvalue weighted by atomic mass is 79.9. The first-order valence-corrected chi connectivity index (χ1v) is 10.8. The second-order valence-electron chi connectivity index (χ2n) is 7.19. The number of rotatable bonds is 7. The minimum Gasteiger partial charge on any atom is -0.465 e. The van der Waals surface area contributed by atoms with Crippen LogP contribution >= 0.6 is 15.9 Å². The summed E-state index contributed by atoms with van der Waals surface area (Å²) in [6.07, 6.45) is -3.75. The number of amides is 1. The van der Waals surface area contributed by atoms with E-state index < -0.39 is 29.5 Å². The third-order valence-corrected chi connectivity index (χ3v) is 5.64. The molecule has 3 heterocycles. The Balaban J connectivity index is 1.72. The van der Waals surface area contributed by atoms with Crippen molar-refractivity contribution in [2.75, 3.05) is 11.4 Å². The Hall–Kier alpha value is -3.81. The van der Waals surface area contributed by atoms with E-state index >= 15 is 0 Å². The number of nitrogens with zero attached hydrogens (tertiary/aromatic N) is 6. The number of carboxylic acid groups (broad SMARTS) is 1. The second kappa shape index (κ2) is 9.82. The van der Waals surface area contributed by atoms with E-state index in [1.54, 1.807) is 24.3 Å². The summed E-state index contributed by atoms with van der Waals surface area (Å²) < 4.78 is 59.5. The van der Waals surface area contributed by atoms with Crippen molar-refractivity contribution >= 4 is 27.8 Å². The minimum atomic E-state index is -4.67. The van der Waals surface area contributed by atoms with Crippen LogP contribution in [-0.4, -0.2) is 53.7 Å². The van der Waals surface area contributed by atoms with Crippen LogP contribution in [0, 0.1) is 5.82 Å². The van der Waals surface area contributed by atoms with E-state index in [0.29, 0.717) is 21.9 Å². The molecule has 35 heavy (non-hydrogen) atoms. The first kappa shape index (κ1) is 24.3. The van der Waals surface area contributed by atoms with Gasteiger partial charge in [0.2, 0.25) is 0 Å². The molecule has 14 heteroatoms. The van der Waals surface area contributed by atoms with Crippen LogP contribution < -0.4 is 4.90 Å². The number of carbonyl (C=O) groups is 1.